The van der Waals surface area contributed by atoms with Gasteiger partial charge in [0, 0.05) is 19.7 Å². The second-order valence-corrected chi connectivity index (χ2v) is 4.76. The van der Waals surface area contributed by atoms with E-state index < -0.39 is 0 Å². The molecule has 3 atom stereocenters. The second kappa shape index (κ2) is 3.80. The van der Waals surface area contributed by atoms with E-state index in [1.54, 1.807) is 7.11 Å². The molecular weight excluding hydrogens is 178 g/mol. The molecule has 0 aromatic carbocycles. The summed E-state index contributed by atoms with van der Waals surface area (Å²) in [6, 6.07) is 0.457. The van der Waals surface area contributed by atoms with E-state index in [9.17, 15) is 0 Å². The normalized spacial score (nSPS) is 43.9. The average molecular weight is 199 g/mol. The molecule has 0 spiro atoms. The first-order valence-corrected chi connectivity index (χ1v) is 5.58. The van der Waals surface area contributed by atoms with Gasteiger partial charge in [0.1, 0.15) is 5.60 Å². The molecule has 1 heterocycles. The third kappa shape index (κ3) is 1.81. The van der Waals surface area contributed by atoms with Crippen molar-refractivity contribution < 1.29 is 9.47 Å². The molecule has 3 unspecified atom stereocenters. The molecule has 2 aliphatic rings. The summed E-state index contributed by atoms with van der Waals surface area (Å²) >= 11 is 0. The Morgan fingerprint density at radius 1 is 1.43 bits per heavy atom. The predicted octanol–water partition coefficient (Wildman–Crippen LogP) is 1.18. The van der Waals surface area contributed by atoms with Gasteiger partial charge in [-0.2, -0.15) is 0 Å². The SMILES string of the molecule is COCC1(C2CC2)CNC(C)C(C)O1. The van der Waals surface area contributed by atoms with Gasteiger partial charge in [-0.1, -0.05) is 0 Å². The van der Waals surface area contributed by atoms with Crippen molar-refractivity contribution in [1.29, 1.82) is 0 Å². The molecule has 0 amide bonds. The van der Waals surface area contributed by atoms with Crippen LogP contribution in [0.4, 0.5) is 0 Å². The maximum absolute atomic E-state index is 6.16. The van der Waals surface area contributed by atoms with E-state index in [1.165, 1.54) is 12.8 Å². The molecular formula is C11H21NO2. The van der Waals surface area contributed by atoms with E-state index >= 15 is 0 Å². The first-order chi connectivity index (χ1) is 6.68. The zero-order valence-electron chi connectivity index (χ0n) is 9.38. The molecule has 0 aromatic heterocycles. The lowest BCUT2D eigenvalue weighted by atomic mass is 9.94. The van der Waals surface area contributed by atoms with Gasteiger partial charge >= 0.3 is 0 Å². The first kappa shape index (κ1) is 10.4. The summed E-state index contributed by atoms with van der Waals surface area (Å²) in [7, 11) is 1.76. The number of nitrogens with one attached hydrogen (secondary N) is 1. The van der Waals surface area contributed by atoms with E-state index in [2.05, 4.69) is 19.2 Å². The van der Waals surface area contributed by atoms with Gasteiger partial charge in [0.15, 0.2) is 0 Å². The smallest absolute Gasteiger partial charge is 0.107 e. The molecule has 3 nitrogen and oxygen atoms in total. The van der Waals surface area contributed by atoms with Crippen LogP contribution in [0, 0.1) is 5.92 Å². The molecule has 1 saturated heterocycles. The van der Waals surface area contributed by atoms with E-state index in [-0.39, 0.29) is 5.60 Å². The van der Waals surface area contributed by atoms with Gasteiger partial charge in [-0.3, -0.25) is 0 Å². The van der Waals surface area contributed by atoms with Crippen molar-refractivity contribution >= 4 is 0 Å². The Hall–Kier alpha value is -0.120. The Morgan fingerprint density at radius 3 is 2.64 bits per heavy atom. The molecule has 14 heavy (non-hydrogen) atoms. The van der Waals surface area contributed by atoms with Crippen LogP contribution in [0.1, 0.15) is 26.7 Å². The van der Waals surface area contributed by atoms with Crippen molar-refractivity contribution in [2.75, 3.05) is 20.3 Å². The third-order valence-electron chi connectivity index (χ3n) is 3.56. The van der Waals surface area contributed by atoms with Crippen LogP contribution in [-0.4, -0.2) is 38.0 Å². The first-order valence-electron chi connectivity index (χ1n) is 5.58. The predicted molar refractivity (Wildman–Crippen MR) is 55.3 cm³/mol. The number of rotatable bonds is 3. The maximum Gasteiger partial charge on any atom is 0.107 e. The number of hydrogen-bond acceptors (Lipinski definition) is 3. The average Bonchev–Trinajstić information content (AvgIpc) is 2.95. The maximum atomic E-state index is 6.16. The Morgan fingerprint density at radius 2 is 2.14 bits per heavy atom. The fourth-order valence-electron chi connectivity index (χ4n) is 2.31. The standard InChI is InChI=1S/C11H21NO2/c1-8-9(2)14-11(6-12-8,7-13-3)10-4-5-10/h8-10,12H,4-7H2,1-3H3. The fraction of sp³-hybridized carbons (Fsp3) is 1.00. The lowest BCUT2D eigenvalue weighted by molar-refractivity contribution is -0.163. The topological polar surface area (TPSA) is 30.5 Å². The Labute approximate surface area is 86.2 Å². The molecule has 3 heteroatoms. The van der Waals surface area contributed by atoms with Crippen molar-refractivity contribution in [2.24, 2.45) is 5.92 Å². The Balaban J connectivity index is 2.03. The molecule has 1 saturated carbocycles. The molecule has 0 radical (unpaired) electrons. The zero-order chi connectivity index (χ0) is 10.2. The molecule has 2 fully saturated rings. The van der Waals surface area contributed by atoms with E-state index in [4.69, 9.17) is 9.47 Å². The number of hydrogen-bond donors (Lipinski definition) is 1. The van der Waals surface area contributed by atoms with Gasteiger partial charge in [0.05, 0.1) is 12.7 Å². The summed E-state index contributed by atoms with van der Waals surface area (Å²) < 4.78 is 11.5. The number of ether oxygens (including phenoxy) is 2. The highest BCUT2D eigenvalue weighted by molar-refractivity contribution is 5.01. The lowest BCUT2D eigenvalue weighted by Crippen LogP contribution is -2.60. The second-order valence-electron chi connectivity index (χ2n) is 4.76. The number of methoxy groups -OCH3 is 1. The van der Waals surface area contributed by atoms with Gasteiger partial charge in [0.25, 0.3) is 0 Å². The van der Waals surface area contributed by atoms with Crippen LogP contribution in [0.2, 0.25) is 0 Å². The van der Waals surface area contributed by atoms with Gasteiger partial charge in [-0.25, -0.2) is 0 Å². The molecule has 1 N–H and O–H groups in total. The lowest BCUT2D eigenvalue weighted by Gasteiger charge is -2.43. The summed E-state index contributed by atoms with van der Waals surface area (Å²) in [5.74, 6) is 0.713. The van der Waals surface area contributed by atoms with Crippen LogP contribution >= 0.6 is 0 Å². The van der Waals surface area contributed by atoms with Crippen LogP contribution in [0.25, 0.3) is 0 Å². The monoisotopic (exact) mass is 199 g/mol. The van der Waals surface area contributed by atoms with E-state index in [1.807, 2.05) is 0 Å². The minimum absolute atomic E-state index is 0.0410. The van der Waals surface area contributed by atoms with Crippen molar-refractivity contribution in [3.8, 4) is 0 Å². The summed E-state index contributed by atoms with van der Waals surface area (Å²) in [5, 5.41) is 3.52. The van der Waals surface area contributed by atoms with Crippen LogP contribution in [0.15, 0.2) is 0 Å². The van der Waals surface area contributed by atoms with Gasteiger partial charge in [-0.05, 0) is 32.6 Å². The van der Waals surface area contributed by atoms with Gasteiger partial charge < -0.3 is 14.8 Å². The van der Waals surface area contributed by atoms with Crippen LogP contribution in [0.3, 0.4) is 0 Å². The summed E-state index contributed by atoms with van der Waals surface area (Å²) in [6.07, 6.45) is 2.89. The largest absolute Gasteiger partial charge is 0.382 e. The van der Waals surface area contributed by atoms with Crippen LogP contribution in [0.5, 0.6) is 0 Å². The van der Waals surface area contributed by atoms with Crippen LogP contribution in [-0.2, 0) is 9.47 Å². The molecule has 0 aromatic rings. The van der Waals surface area contributed by atoms with Crippen molar-refractivity contribution in [3.63, 3.8) is 0 Å². The van der Waals surface area contributed by atoms with Gasteiger partial charge in [0.2, 0.25) is 0 Å². The van der Waals surface area contributed by atoms with Crippen molar-refractivity contribution in [1.82, 2.24) is 5.32 Å². The molecule has 2 rings (SSSR count). The van der Waals surface area contributed by atoms with Crippen LogP contribution < -0.4 is 5.32 Å². The summed E-state index contributed by atoms with van der Waals surface area (Å²) in [6.45, 7) is 5.98. The quantitative estimate of drug-likeness (QED) is 0.740. The van der Waals surface area contributed by atoms with E-state index in [0.717, 1.165) is 13.2 Å². The Kier molecular flexibility index (Phi) is 2.82. The highest BCUT2D eigenvalue weighted by Gasteiger charge is 2.49. The van der Waals surface area contributed by atoms with Crippen molar-refractivity contribution in [3.05, 3.63) is 0 Å². The zero-order valence-corrected chi connectivity index (χ0v) is 9.38. The Bertz CT molecular complexity index is 205. The highest BCUT2D eigenvalue weighted by atomic mass is 16.5. The molecule has 1 aliphatic heterocycles. The van der Waals surface area contributed by atoms with Crippen molar-refractivity contribution in [2.45, 2.75) is 44.4 Å². The summed E-state index contributed by atoms with van der Waals surface area (Å²) in [5.41, 5.74) is -0.0410. The highest BCUT2D eigenvalue weighted by Crippen LogP contribution is 2.43. The fourth-order valence-corrected chi connectivity index (χ4v) is 2.31. The molecule has 82 valence electrons. The molecule has 1 aliphatic carbocycles. The number of morpholine rings is 1. The summed E-state index contributed by atoms with van der Waals surface area (Å²) in [4.78, 5) is 0. The van der Waals surface area contributed by atoms with Gasteiger partial charge in [-0.15, -0.1) is 0 Å². The minimum Gasteiger partial charge on any atom is -0.382 e. The third-order valence-corrected chi connectivity index (χ3v) is 3.56. The minimum atomic E-state index is -0.0410. The molecule has 0 bridgehead atoms. The van der Waals surface area contributed by atoms with E-state index in [0.29, 0.717) is 18.1 Å².